The Morgan fingerprint density at radius 1 is 1.71 bits per heavy atom. The first-order chi connectivity index (χ1) is 3.39. The van der Waals surface area contributed by atoms with Gasteiger partial charge in [0, 0.05) is 13.1 Å². The molecule has 0 aromatic rings. The molecule has 1 rings (SSSR count). The molecule has 0 amide bonds. The minimum absolute atomic E-state index is 0.389. The van der Waals surface area contributed by atoms with Gasteiger partial charge in [0.15, 0.2) is 0 Å². The molecule has 0 aromatic heterocycles. The van der Waals surface area contributed by atoms with Crippen molar-refractivity contribution in [3.63, 3.8) is 0 Å². The van der Waals surface area contributed by atoms with E-state index in [9.17, 15) is 4.39 Å². The number of nitrogens with zero attached hydrogens (tertiary/aromatic N) is 1. The molecule has 1 nitrogen and oxygen atoms in total. The molecule has 0 aromatic carbocycles. The third kappa shape index (κ3) is 1.43. The van der Waals surface area contributed by atoms with Gasteiger partial charge in [-0.3, -0.25) is 0 Å². The van der Waals surface area contributed by atoms with Gasteiger partial charge in [-0.05, 0) is 12.8 Å². The van der Waals surface area contributed by atoms with Crippen molar-refractivity contribution in [2.75, 3.05) is 13.1 Å². The molecule has 0 saturated carbocycles. The third-order valence-corrected chi connectivity index (χ3v) is 1.01. The summed E-state index contributed by atoms with van der Waals surface area (Å²) in [6.45, 7) is 1.21. The highest BCUT2D eigenvalue weighted by molar-refractivity contribution is 4.82. The van der Waals surface area contributed by atoms with E-state index in [0.717, 1.165) is 13.0 Å². The van der Waals surface area contributed by atoms with Crippen molar-refractivity contribution in [3.8, 4) is 0 Å². The minimum Gasteiger partial charge on any atom is -0.246 e. The molecule has 2 radical (unpaired) electrons. The Bertz CT molecular complexity index is 50.0. The van der Waals surface area contributed by atoms with Gasteiger partial charge < -0.3 is 0 Å². The van der Waals surface area contributed by atoms with Crippen molar-refractivity contribution < 1.29 is 4.39 Å². The summed E-state index contributed by atoms with van der Waals surface area (Å²) in [6.07, 6.45) is 1.74. The molecule has 1 heterocycles. The molecule has 0 N–H and O–H groups in total. The Kier molecular flexibility index (Phi) is 1.63. The van der Waals surface area contributed by atoms with Gasteiger partial charge in [0.05, 0.1) is 0 Å². The lowest BCUT2D eigenvalue weighted by atomic mass is 10.1. The summed E-state index contributed by atoms with van der Waals surface area (Å²) in [4.78, 5) is 0. The van der Waals surface area contributed by atoms with Crippen molar-refractivity contribution in [2.45, 2.75) is 12.6 Å². The highest BCUT2D eigenvalue weighted by Crippen LogP contribution is 2.03. The zero-order chi connectivity index (χ0) is 5.11. The summed E-state index contributed by atoms with van der Waals surface area (Å²) in [6, 6.07) is 0. The van der Waals surface area contributed by atoms with Crippen LogP contribution in [-0.4, -0.2) is 19.3 Å². The van der Waals surface area contributed by atoms with Crippen LogP contribution in [0.15, 0.2) is 0 Å². The molecule has 0 aliphatic carbocycles. The van der Waals surface area contributed by atoms with E-state index in [1.54, 1.807) is 6.42 Å². The highest BCUT2D eigenvalue weighted by Gasteiger charge is 2.10. The van der Waals surface area contributed by atoms with Crippen LogP contribution in [0.5, 0.6) is 0 Å². The second-order valence-electron chi connectivity index (χ2n) is 1.67. The summed E-state index contributed by atoms with van der Waals surface area (Å²) in [5.41, 5.74) is 0. The van der Waals surface area contributed by atoms with Crippen molar-refractivity contribution in [2.24, 2.45) is 0 Å². The molecule has 2 heteroatoms. The lowest BCUT2D eigenvalue weighted by molar-refractivity contribution is 0.323. The monoisotopic (exact) mass is 101 g/mol. The average molecular weight is 101 g/mol. The first-order valence-electron chi connectivity index (χ1n) is 2.50. The molecule has 1 atom stereocenters. The first-order valence-corrected chi connectivity index (χ1v) is 2.50. The van der Waals surface area contributed by atoms with Crippen LogP contribution < -0.4 is 5.32 Å². The van der Waals surface area contributed by atoms with E-state index in [0.29, 0.717) is 6.54 Å². The fourth-order valence-corrected chi connectivity index (χ4v) is 0.636. The number of hydrogen-bond acceptors (Lipinski definition) is 0. The van der Waals surface area contributed by atoms with Crippen LogP contribution in [0.25, 0.3) is 0 Å². The fourth-order valence-electron chi connectivity index (χ4n) is 0.636. The quantitative estimate of drug-likeness (QED) is 0.422. The fraction of sp³-hybridized carbons (Fsp3) is 0.800. The van der Waals surface area contributed by atoms with Gasteiger partial charge in [0.1, 0.15) is 6.17 Å². The van der Waals surface area contributed by atoms with E-state index in [-0.39, 0.29) is 0 Å². The molecule has 0 bridgehead atoms. The van der Waals surface area contributed by atoms with Gasteiger partial charge in [-0.15, -0.1) is 0 Å². The van der Waals surface area contributed by atoms with Gasteiger partial charge in [-0.1, -0.05) is 0 Å². The van der Waals surface area contributed by atoms with Crippen molar-refractivity contribution in [3.05, 3.63) is 6.42 Å². The van der Waals surface area contributed by atoms with E-state index in [4.69, 9.17) is 0 Å². The Hall–Kier alpha value is -0.110. The van der Waals surface area contributed by atoms with Crippen LogP contribution >= 0.6 is 0 Å². The number of alkyl halides is 1. The summed E-state index contributed by atoms with van der Waals surface area (Å²) in [5, 5.41) is 3.85. The number of halogens is 1. The van der Waals surface area contributed by atoms with E-state index in [2.05, 4.69) is 5.32 Å². The Morgan fingerprint density at radius 3 is 2.86 bits per heavy atom. The summed E-state index contributed by atoms with van der Waals surface area (Å²) in [5.74, 6) is 0. The molecule has 1 aliphatic rings. The molecular formula is C5H8FN. The van der Waals surface area contributed by atoms with E-state index >= 15 is 0 Å². The van der Waals surface area contributed by atoms with Gasteiger partial charge in [-0.2, -0.15) is 0 Å². The lowest BCUT2D eigenvalue weighted by Crippen LogP contribution is -2.25. The smallest absolute Gasteiger partial charge is 0.117 e. The largest absolute Gasteiger partial charge is 0.246 e. The lowest BCUT2D eigenvalue weighted by Gasteiger charge is -2.12. The maximum atomic E-state index is 12.0. The van der Waals surface area contributed by atoms with Crippen molar-refractivity contribution >= 4 is 0 Å². The first kappa shape index (κ1) is 5.04. The number of rotatable bonds is 0. The zero-order valence-electron chi connectivity index (χ0n) is 4.10. The Balaban J connectivity index is 2.12. The van der Waals surface area contributed by atoms with Gasteiger partial charge in [0.25, 0.3) is 0 Å². The molecular weight excluding hydrogens is 93.1 g/mol. The maximum absolute atomic E-state index is 12.0. The molecule has 1 saturated heterocycles. The molecule has 40 valence electrons. The van der Waals surface area contributed by atoms with Crippen LogP contribution in [0.4, 0.5) is 4.39 Å². The summed E-state index contributed by atoms with van der Waals surface area (Å²) >= 11 is 0. The van der Waals surface area contributed by atoms with Crippen molar-refractivity contribution in [1.29, 1.82) is 0 Å². The van der Waals surface area contributed by atoms with Gasteiger partial charge in [0.2, 0.25) is 0 Å². The third-order valence-electron chi connectivity index (χ3n) is 1.01. The summed E-state index contributed by atoms with van der Waals surface area (Å²) in [7, 11) is 0. The highest BCUT2D eigenvalue weighted by atomic mass is 19.1. The van der Waals surface area contributed by atoms with Gasteiger partial charge in [-0.25, -0.2) is 9.71 Å². The average Bonchev–Trinajstić information content (AvgIpc) is 1.69. The van der Waals surface area contributed by atoms with Crippen molar-refractivity contribution in [1.82, 2.24) is 5.32 Å². The molecule has 1 aliphatic heterocycles. The molecule has 7 heavy (non-hydrogen) atoms. The number of piperidine rings is 1. The van der Waals surface area contributed by atoms with Crippen LogP contribution in [0.1, 0.15) is 6.42 Å². The topological polar surface area (TPSA) is 14.1 Å². The zero-order valence-corrected chi connectivity index (χ0v) is 4.10. The summed E-state index contributed by atoms with van der Waals surface area (Å²) < 4.78 is 12.0. The SMILES string of the molecule is FC1[CH]CC[N]C1. The standard InChI is InChI=1S/C5H8FN/c6-5-2-1-3-7-4-5/h2,5H,1,3-4H2. The number of hydrogen-bond donors (Lipinski definition) is 0. The predicted molar refractivity (Wildman–Crippen MR) is 25.7 cm³/mol. The van der Waals surface area contributed by atoms with Crippen LogP contribution in [0, 0.1) is 6.42 Å². The van der Waals surface area contributed by atoms with E-state index in [1.165, 1.54) is 0 Å². The molecule has 0 spiro atoms. The van der Waals surface area contributed by atoms with E-state index in [1.807, 2.05) is 0 Å². The minimum atomic E-state index is -0.756. The Labute approximate surface area is 42.9 Å². The maximum Gasteiger partial charge on any atom is 0.117 e. The predicted octanol–water partition coefficient (Wildman–Crippen LogP) is 0.537. The van der Waals surface area contributed by atoms with E-state index < -0.39 is 6.17 Å². The molecule has 1 fully saturated rings. The van der Waals surface area contributed by atoms with Gasteiger partial charge >= 0.3 is 0 Å². The second kappa shape index (κ2) is 2.26. The van der Waals surface area contributed by atoms with Crippen LogP contribution in [-0.2, 0) is 0 Å². The normalized spacial score (nSPS) is 33.0. The van der Waals surface area contributed by atoms with Crippen LogP contribution in [0.2, 0.25) is 0 Å². The second-order valence-corrected chi connectivity index (χ2v) is 1.67. The Morgan fingerprint density at radius 2 is 2.57 bits per heavy atom. The molecule has 1 unspecified atom stereocenters. The van der Waals surface area contributed by atoms with Crippen LogP contribution in [0.3, 0.4) is 0 Å².